The molecule has 0 bridgehead atoms. The van der Waals surface area contributed by atoms with E-state index in [1.54, 1.807) is 6.04 Å². The Morgan fingerprint density at radius 2 is 1.45 bits per heavy atom. The minimum Gasteiger partial charge on any atom is -0.330 e. The molecule has 0 saturated heterocycles. The van der Waals surface area contributed by atoms with Crippen molar-refractivity contribution in [1.29, 1.82) is 0 Å². The lowest BCUT2D eigenvalue weighted by Crippen LogP contribution is -1.97. The molecule has 0 unspecified atom stereocenters. The Morgan fingerprint density at radius 3 is 2.00 bits per heavy atom. The topological polar surface area (TPSA) is 26.0 Å². The summed E-state index contributed by atoms with van der Waals surface area (Å²) < 4.78 is 0. The molecule has 0 aromatic carbocycles. The van der Waals surface area contributed by atoms with E-state index in [9.17, 15) is 0 Å². The zero-order chi connectivity index (χ0) is 8.36. The first kappa shape index (κ1) is 11.2. The molecule has 1 nitrogen and oxygen atoms in total. The molecule has 0 fully saturated rings. The number of nitrogens with two attached hydrogens (primary N) is 1. The number of rotatable bonds is 8. The van der Waals surface area contributed by atoms with Crippen LogP contribution >= 0.6 is 0 Å². The minimum atomic E-state index is 0.350. The molecule has 0 aliphatic carbocycles. The van der Waals surface area contributed by atoms with Crippen LogP contribution in [0.15, 0.2) is 0 Å². The molecule has 0 rings (SSSR count). The summed E-state index contributed by atoms with van der Waals surface area (Å²) in [7, 11) is 0.350. The smallest absolute Gasteiger partial charge is 0.0166 e. The van der Waals surface area contributed by atoms with E-state index in [0.717, 1.165) is 6.54 Å². The van der Waals surface area contributed by atoms with Gasteiger partial charge in [0.2, 0.25) is 0 Å². The Morgan fingerprint density at radius 1 is 0.909 bits per heavy atom. The quantitative estimate of drug-likeness (QED) is 0.440. The molecule has 0 aromatic rings. The Hall–Kier alpha value is 0.177. The molecule has 2 heteroatoms. The van der Waals surface area contributed by atoms with Crippen molar-refractivity contribution >= 4 is 9.52 Å². The molecule has 0 aliphatic heterocycles. The molecule has 0 aromatic heterocycles. The van der Waals surface area contributed by atoms with Gasteiger partial charge >= 0.3 is 0 Å². The fraction of sp³-hybridized carbons (Fsp3) is 1.00. The molecule has 68 valence electrons. The lowest BCUT2D eigenvalue weighted by atomic mass is 10.1. The minimum absolute atomic E-state index is 0.350. The second kappa shape index (κ2) is 10.2. The molecule has 0 saturated carbocycles. The van der Waals surface area contributed by atoms with Gasteiger partial charge in [-0.2, -0.15) is 0 Å². The van der Waals surface area contributed by atoms with E-state index in [0.29, 0.717) is 9.52 Å². The standard InChI is InChI=1S/C9H23NSi/c1-11-9-7-5-3-2-4-6-8-10/h2-11H2,1H3. The molecule has 0 spiro atoms. The van der Waals surface area contributed by atoms with Crippen LogP contribution in [0.5, 0.6) is 0 Å². The van der Waals surface area contributed by atoms with Crippen molar-refractivity contribution < 1.29 is 0 Å². The highest BCUT2D eigenvalue weighted by molar-refractivity contribution is 6.33. The summed E-state index contributed by atoms with van der Waals surface area (Å²) in [6.45, 7) is 3.27. The normalized spacial score (nSPS) is 11.5. The number of hydrogen-bond acceptors (Lipinski definition) is 1. The van der Waals surface area contributed by atoms with Crippen molar-refractivity contribution in [3.63, 3.8) is 0 Å². The van der Waals surface area contributed by atoms with Gasteiger partial charge in [-0.25, -0.2) is 0 Å². The van der Waals surface area contributed by atoms with Crippen LogP contribution in [0, 0.1) is 0 Å². The summed E-state index contributed by atoms with van der Waals surface area (Å²) in [5.41, 5.74) is 5.40. The van der Waals surface area contributed by atoms with Gasteiger partial charge in [-0.05, 0) is 13.0 Å². The highest BCUT2D eigenvalue weighted by atomic mass is 28.2. The Bertz CT molecular complexity index is 58.6. The summed E-state index contributed by atoms with van der Waals surface area (Å²) in [4.78, 5) is 0. The maximum atomic E-state index is 5.40. The monoisotopic (exact) mass is 173 g/mol. The fourth-order valence-electron chi connectivity index (χ4n) is 1.28. The van der Waals surface area contributed by atoms with E-state index in [4.69, 9.17) is 5.73 Å². The summed E-state index contributed by atoms with van der Waals surface area (Å²) in [5, 5.41) is 0. The molecular formula is C9H23NSi. The van der Waals surface area contributed by atoms with Crippen LogP contribution in [0.4, 0.5) is 0 Å². The number of unbranched alkanes of at least 4 members (excludes halogenated alkanes) is 5. The molecular weight excluding hydrogens is 150 g/mol. The highest BCUT2D eigenvalue weighted by Gasteiger charge is 1.89. The molecule has 0 atom stereocenters. The zero-order valence-electron chi connectivity index (χ0n) is 7.94. The van der Waals surface area contributed by atoms with Crippen molar-refractivity contribution in [2.75, 3.05) is 6.54 Å². The van der Waals surface area contributed by atoms with E-state index in [1.165, 1.54) is 38.5 Å². The van der Waals surface area contributed by atoms with Crippen LogP contribution in [-0.2, 0) is 0 Å². The van der Waals surface area contributed by atoms with Crippen molar-refractivity contribution in [2.24, 2.45) is 5.73 Å². The van der Waals surface area contributed by atoms with Gasteiger partial charge in [0.05, 0.1) is 0 Å². The molecule has 2 N–H and O–H groups in total. The van der Waals surface area contributed by atoms with Crippen LogP contribution in [0.1, 0.15) is 38.5 Å². The van der Waals surface area contributed by atoms with Gasteiger partial charge in [0, 0.05) is 9.52 Å². The second-order valence-corrected chi connectivity index (χ2v) is 4.97. The summed E-state index contributed by atoms with van der Waals surface area (Å²) >= 11 is 0. The van der Waals surface area contributed by atoms with E-state index in [1.807, 2.05) is 0 Å². The lowest BCUT2D eigenvalue weighted by Gasteiger charge is -1.98. The Kier molecular flexibility index (Phi) is 10.3. The molecule has 11 heavy (non-hydrogen) atoms. The van der Waals surface area contributed by atoms with Gasteiger partial charge in [0.15, 0.2) is 0 Å². The van der Waals surface area contributed by atoms with Gasteiger partial charge in [-0.15, -0.1) is 0 Å². The maximum Gasteiger partial charge on any atom is 0.0166 e. The maximum absolute atomic E-state index is 5.40. The highest BCUT2D eigenvalue weighted by Crippen LogP contribution is 2.06. The third-order valence-corrected chi connectivity index (χ3v) is 3.26. The SMILES string of the molecule is C[SiH2]CCCCCCCCN. The van der Waals surface area contributed by atoms with Crippen LogP contribution in [0.3, 0.4) is 0 Å². The van der Waals surface area contributed by atoms with Crippen molar-refractivity contribution in [2.45, 2.75) is 51.1 Å². The summed E-state index contributed by atoms with van der Waals surface area (Å²) in [6, 6.07) is 1.55. The molecule has 0 amide bonds. The zero-order valence-corrected chi connectivity index (χ0v) is 9.36. The second-order valence-electron chi connectivity index (χ2n) is 3.26. The van der Waals surface area contributed by atoms with E-state index in [-0.39, 0.29) is 0 Å². The lowest BCUT2D eigenvalue weighted by molar-refractivity contribution is 0.611. The average molecular weight is 173 g/mol. The largest absolute Gasteiger partial charge is 0.330 e. The molecule has 0 heterocycles. The third-order valence-electron chi connectivity index (χ3n) is 2.06. The van der Waals surface area contributed by atoms with Crippen molar-refractivity contribution in [1.82, 2.24) is 0 Å². The Labute approximate surface area is 73.6 Å². The van der Waals surface area contributed by atoms with Crippen LogP contribution in [0.2, 0.25) is 12.6 Å². The summed E-state index contributed by atoms with van der Waals surface area (Å²) in [5.74, 6) is 0. The first-order chi connectivity index (χ1) is 5.41. The van der Waals surface area contributed by atoms with Crippen molar-refractivity contribution in [3.05, 3.63) is 0 Å². The Balaban J connectivity index is 2.69. The molecule has 0 radical (unpaired) electrons. The van der Waals surface area contributed by atoms with Crippen molar-refractivity contribution in [3.8, 4) is 0 Å². The van der Waals surface area contributed by atoms with E-state index < -0.39 is 0 Å². The number of hydrogen-bond donors (Lipinski definition) is 1. The first-order valence-electron chi connectivity index (χ1n) is 5.12. The van der Waals surface area contributed by atoms with Crippen LogP contribution < -0.4 is 5.73 Å². The van der Waals surface area contributed by atoms with E-state index >= 15 is 0 Å². The van der Waals surface area contributed by atoms with Gasteiger partial charge in [-0.1, -0.05) is 44.7 Å². The third kappa shape index (κ3) is 10.2. The first-order valence-corrected chi connectivity index (χ1v) is 7.53. The van der Waals surface area contributed by atoms with Gasteiger partial charge in [0.1, 0.15) is 0 Å². The summed E-state index contributed by atoms with van der Waals surface area (Å²) in [6.07, 6.45) is 8.37. The van der Waals surface area contributed by atoms with Gasteiger partial charge in [-0.3, -0.25) is 0 Å². The van der Waals surface area contributed by atoms with Crippen LogP contribution in [-0.4, -0.2) is 16.1 Å². The van der Waals surface area contributed by atoms with Crippen LogP contribution in [0.25, 0.3) is 0 Å². The predicted molar refractivity (Wildman–Crippen MR) is 56.0 cm³/mol. The van der Waals surface area contributed by atoms with Gasteiger partial charge in [0.25, 0.3) is 0 Å². The van der Waals surface area contributed by atoms with Gasteiger partial charge < -0.3 is 5.73 Å². The molecule has 0 aliphatic rings. The van der Waals surface area contributed by atoms with E-state index in [2.05, 4.69) is 6.55 Å². The predicted octanol–water partition coefficient (Wildman–Crippen LogP) is 1.92. The fourth-order valence-corrected chi connectivity index (χ4v) is 2.13. The average Bonchev–Trinajstić information content (AvgIpc) is 2.03.